The van der Waals surface area contributed by atoms with Crippen LogP contribution in [0.4, 0.5) is 0 Å². The smallest absolute Gasteiger partial charge is 0.231 e. The highest BCUT2D eigenvalue weighted by atomic mass is 16.7. The number of hydrogen-bond donors (Lipinski definition) is 1. The second kappa shape index (κ2) is 6.60. The van der Waals surface area contributed by atoms with Gasteiger partial charge in [-0.15, -0.1) is 0 Å². The molecule has 1 N–H and O–H groups in total. The number of fused-ring (bicyclic) bond motifs is 1. The summed E-state index contributed by atoms with van der Waals surface area (Å²) in [7, 11) is 0. The SMILES string of the molecule is c1ccc(C(c2ccc3c(c2)OCO3)N2CCCNCC2)cc1. The summed E-state index contributed by atoms with van der Waals surface area (Å²) in [5.41, 5.74) is 2.59. The minimum absolute atomic E-state index is 0.255. The third kappa shape index (κ3) is 3.05. The van der Waals surface area contributed by atoms with E-state index >= 15 is 0 Å². The summed E-state index contributed by atoms with van der Waals surface area (Å²) in [6, 6.07) is 17.3. The fourth-order valence-corrected chi connectivity index (χ4v) is 3.46. The molecule has 2 aromatic carbocycles. The fourth-order valence-electron chi connectivity index (χ4n) is 3.46. The second-order valence-electron chi connectivity index (χ2n) is 6.07. The van der Waals surface area contributed by atoms with E-state index in [9.17, 15) is 0 Å². The Morgan fingerprint density at radius 3 is 2.65 bits per heavy atom. The van der Waals surface area contributed by atoms with Crippen molar-refractivity contribution in [1.29, 1.82) is 0 Å². The molecule has 1 saturated heterocycles. The topological polar surface area (TPSA) is 33.7 Å². The average Bonchev–Trinajstić information content (AvgIpc) is 2.90. The Morgan fingerprint density at radius 1 is 0.870 bits per heavy atom. The third-order valence-corrected chi connectivity index (χ3v) is 4.57. The van der Waals surface area contributed by atoms with Gasteiger partial charge in [0.15, 0.2) is 11.5 Å². The minimum atomic E-state index is 0.255. The number of nitrogens with one attached hydrogen (secondary N) is 1. The fraction of sp³-hybridized carbons (Fsp3) is 0.368. The summed E-state index contributed by atoms with van der Waals surface area (Å²) in [5.74, 6) is 1.70. The average molecular weight is 310 g/mol. The maximum absolute atomic E-state index is 5.58. The molecule has 1 fully saturated rings. The minimum Gasteiger partial charge on any atom is -0.454 e. The molecular formula is C19H22N2O2. The van der Waals surface area contributed by atoms with Crippen LogP contribution in [0.15, 0.2) is 48.5 Å². The largest absolute Gasteiger partial charge is 0.454 e. The van der Waals surface area contributed by atoms with Gasteiger partial charge in [0.2, 0.25) is 6.79 Å². The highest BCUT2D eigenvalue weighted by molar-refractivity contribution is 5.47. The van der Waals surface area contributed by atoms with Crippen LogP contribution >= 0.6 is 0 Å². The van der Waals surface area contributed by atoms with Crippen LogP contribution in [-0.2, 0) is 0 Å². The Kier molecular flexibility index (Phi) is 4.18. The molecule has 2 aliphatic rings. The Labute approximate surface area is 137 Å². The Bertz CT molecular complexity index is 652. The zero-order chi connectivity index (χ0) is 15.5. The van der Waals surface area contributed by atoms with E-state index in [0.29, 0.717) is 6.79 Å². The standard InChI is InChI=1S/C19H22N2O2/c1-2-5-15(6-3-1)19(21-11-4-9-20-10-12-21)16-7-8-17-18(13-16)23-14-22-17/h1-3,5-8,13,19-20H,4,9-12,14H2. The first kappa shape index (κ1) is 14.5. The van der Waals surface area contributed by atoms with Crippen molar-refractivity contribution >= 4 is 0 Å². The summed E-state index contributed by atoms with van der Waals surface area (Å²) in [6.45, 7) is 4.60. The molecule has 2 heterocycles. The van der Waals surface area contributed by atoms with Crippen LogP contribution in [0.25, 0.3) is 0 Å². The molecule has 4 nitrogen and oxygen atoms in total. The third-order valence-electron chi connectivity index (χ3n) is 4.57. The van der Waals surface area contributed by atoms with Gasteiger partial charge in [-0.05, 0) is 36.2 Å². The molecule has 0 amide bonds. The van der Waals surface area contributed by atoms with Gasteiger partial charge in [0.05, 0.1) is 6.04 Å². The highest BCUT2D eigenvalue weighted by Gasteiger charge is 2.25. The normalized spacial score (nSPS) is 19.3. The molecule has 0 saturated carbocycles. The van der Waals surface area contributed by atoms with Crippen LogP contribution in [0.2, 0.25) is 0 Å². The molecular weight excluding hydrogens is 288 g/mol. The summed E-state index contributed by atoms with van der Waals surface area (Å²) in [5, 5.41) is 3.49. The summed E-state index contributed by atoms with van der Waals surface area (Å²) in [6.07, 6.45) is 1.17. The van der Waals surface area contributed by atoms with E-state index in [1.54, 1.807) is 0 Å². The van der Waals surface area contributed by atoms with Gasteiger partial charge in [-0.3, -0.25) is 4.90 Å². The first-order valence-electron chi connectivity index (χ1n) is 8.31. The van der Waals surface area contributed by atoms with E-state index in [2.05, 4.69) is 52.7 Å². The lowest BCUT2D eigenvalue weighted by Gasteiger charge is -2.31. The predicted octanol–water partition coefficient (Wildman–Crippen LogP) is 2.80. The van der Waals surface area contributed by atoms with Crippen molar-refractivity contribution in [2.45, 2.75) is 12.5 Å². The van der Waals surface area contributed by atoms with Crippen molar-refractivity contribution in [2.75, 3.05) is 33.0 Å². The van der Waals surface area contributed by atoms with E-state index in [0.717, 1.165) is 37.7 Å². The lowest BCUT2D eigenvalue weighted by Crippen LogP contribution is -2.33. The monoisotopic (exact) mass is 310 g/mol. The van der Waals surface area contributed by atoms with E-state index in [4.69, 9.17) is 9.47 Å². The van der Waals surface area contributed by atoms with Gasteiger partial charge in [0.25, 0.3) is 0 Å². The van der Waals surface area contributed by atoms with Crippen LogP contribution in [-0.4, -0.2) is 37.9 Å². The number of nitrogens with zero attached hydrogens (tertiary/aromatic N) is 1. The van der Waals surface area contributed by atoms with Crippen molar-refractivity contribution in [2.24, 2.45) is 0 Å². The van der Waals surface area contributed by atoms with Gasteiger partial charge in [-0.25, -0.2) is 0 Å². The Morgan fingerprint density at radius 2 is 1.74 bits per heavy atom. The number of hydrogen-bond acceptors (Lipinski definition) is 4. The predicted molar refractivity (Wildman–Crippen MR) is 89.9 cm³/mol. The van der Waals surface area contributed by atoms with Crippen molar-refractivity contribution in [3.63, 3.8) is 0 Å². The van der Waals surface area contributed by atoms with Gasteiger partial charge in [0.1, 0.15) is 0 Å². The van der Waals surface area contributed by atoms with E-state index in [1.807, 2.05) is 6.07 Å². The number of ether oxygens (including phenoxy) is 2. The molecule has 2 aliphatic heterocycles. The van der Waals surface area contributed by atoms with Crippen molar-refractivity contribution in [1.82, 2.24) is 10.2 Å². The molecule has 0 radical (unpaired) electrons. The van der Waals surface area contributed by atoms with Crippen LogP contribution in [0.5, 0.6) is 11.5 Å². The molecule has 4 rings (SSSR count). The zero-order valence-corrected chi connectivity index (χ0v) is 13.2. The summed E-state index contributed by atoms with van der Waals surface area (Å²) in [4.78, 5) is 2.56. The van der Waals surface area contributed by atoms with Gasteiger partial charge >= 0.3 is 0 Å². The van der Waals surface area contributed by atoms with Crippen molar-refractivity contribution in [3.8, 4) is 11.5 Å². The van der Waals surface area contributed by atoms with E-state index < -0.39 is 0 Å². The molecule has 120 valence electrons. The highest BCUT2D eigenvalue weighted by Crippen LogP contribution is 2.37. The number of benzene rings is 2. The first-order valence-corrected chi connectivity index (χ1v) is 8.31. The lowest BCUT2D eigenvalue weighted by atomic mass is 9.96. The molecule has 0 bridgehead atoms. The molecule has 4 heteroatoms. The first-order chi connectivity index (χ1) is 11.4. The van der Waals surface area contributed by atoms with E-state index in [-0.39, 0.29) is 6.04 Å². The van der Waals surface area contributed by atoms with Gasteiger partial charge in [-0.2, -0.15) is 0 Å². The quantitative estimate of drug-likeness (QED) is 0.945. The van der Waals surface area contributed by atoms with E-state index in [1.165, 1.54) is 17.5 Å². The van der Waals surface area contributed by atoms with Crippen LogP contribution in [0, 0.1) is 0 Å². The zero-order valence-electron chi connectivity index (χ0n) is 13.2. The molecule has 0 aromatic heterocycles. The van der Waals surface area contributed by atoms with Gasteiger partial charge in [0, 0.05) is 19.6 Å². The van der Waals surface area contributed by atoms with Crippen molar-refractivity contribution in [3.05, 3.63) is 59.7 Å². The Balaban J connectivity index is 1.72. The maximum atomic E-state index is 5.58. The van der Waals surface area contributed by atoms with Crippen LogP contribution in [0.3, 0.4) is 0 Å². The van der Waals surface area contributed by atoms with Crippen LogP contribution in [0.1, 0.15) is 23.6 Å². The molecule has 23 heavy (non-hydrogen) atoms. The van der Waals surface area contributed by atoms with Crippen molar-refractivity contribution < 1.29 is 9.47 Å². The van der Waals surface area contributed by atoms with Gasteiger partial charge in [-0.1, -0.05) is 36.4 Å². The summed E-state index contributed by atoms with van der Waals surface area (Å²) < 4.78 is 11.0. The number of rotatable bonds is 3. The summed E-state index contributed by atoms with van der Waals surface area (Å²) >= 11 is 0. The molecule has 2 aromatic rings. The van der Waals surface area contributed by atoms with Crippen LogP contribution < -0.4 is 14.8 Å². The maximum Gasteiger partial charge on any atom is 0.231 e. The lowest BCUT2D eigenvalue weighted by molar-refractivity contribution is 0.173. The molecule has 0 aliphatic carbocycles. The molecule has 1 atom stereocenters. The second-order valence-corrected chi connectivity index (χ2v) is 6.07. The Hall–Kier alpha value is -2.04. The molecule has 1 unspecified atom stereocenters. The molecule has 0 spiro atoms. The van der Waals surface area contributed by atoms with Gasteiger partial charge < -0.3 is 14.8 Å².